The quantitative estimate of drug-likeness (QED) is 0.463. The van der Waals surface area contributed by atoms with Crippen LogP contribution >= 0.6 is 11.8 Å². The van der Waals surface area contributed by atoms with Crippen molar-refractivity contribution in [1.82, 2.24) is 19.9 Å². The molecule has 0 saturated carbocycles. The van der Waals surface area contributed by atoms with Crippen LogP contribution in [0.15, 0.2) is 27.1 Å². The molecule has 2 rings (SSSR count). The van der Waals surface area contributed by atoms with E-state index in [1.807, 2.05) is 6.92 Å². The van der Waals surface area contributed by atoms with Crippen molar-refractivity contribution in [2.75, 3.05) is 23.3 Å². The van der Waals surface area contributed by atoms with Crippen molar-refractivity contribution in [1.29, 1.82) is 0 Å². The van der Waals surface area contributed by atoms with Crippen LogP contribution in [0.4, 0.5) is 17.6 Å². The number of nitrogens with one attached hydrogen (secondary N) is 2. The third kappa shape index (κ3) is 3.58. The Morgan fingerprint density at radius 2 is 2.11 bits per heavy atom. The number of nitrogen functional groups attached to an aromatic ring is 2. The maximum Gasteiger partial charge on any atom is 0.253 e. The van der Waals surface area contributed by atoms with Crippen LogP contribution < -0.4 is 22.3 Å². The zero-order valence-electron chi connectivity index (χ0n) is 10.2. The predicted molar refractivity (Wildman–Crippen MR) is 74.0 cm³/mol. The Kier molecular flexibility index (Phi) is 3.85. The summed E-state index contributed by atoms with van der Waals surface area (Å²) in [6.07, 6.45) is 0. The third-order valence-corrected chi connectivity index (χ3v) is 2.82. The van der Waals surface area contributed by atoms with Crippen molar-refractivity contribution in [3.05, 3.63) is 22.5 Å². The number of aromatic nitrogens is 4. The molecule has 6 N–H and O–H groups in total. The highest BCUT2D eigenvalue weighted by atomic mass is 32.2. The van der Waals surface area contributed by atoms with Crippen molar-refractivity contribution < 1.29 is 0 Å². The van der Waals surface area contributed by atoms with Crippen molar-refractivity contribution in [2.24, 2.45) is 0 Å². The standard InChI is InChI=1S/C10H13N7OS/c1-2-13-6-4-8(17-9(12)15-6)19-10-14-5(11)3-7(18)16-10/h3-4H,2H2,1H3,(H3,11,14,16,18)(H3,12,13,15,17). The first-order valence-corrected chi connectivity index (χ1v) is 6.31. The molecule has 0 spiro atoms. The molecular weight excluding hydrogens is 266 g/mol. The predicted octanol–water partition coefficient (Wildman–Crippen LogP) is 0.307. The topological polar surface area (TPSA) is 136 Å². The van der Waals surface area contributed by atoms with E-state index >= 15 is 0 Å². The molecule has 0 fully saturated rings. The molecule has 0 saturated heterocycles. The Bertz CT molecular complexity index is 642. The average Bonchev–Trinajstić information content (AvgIpc) is 2.26. The summed E-state index contributed by atoms with van der Waals surface area (Å²) < 4.78 is 0. The number of nitrogens with two attached hydrogens (primary N) is 2. The van der Waals surface area contributed by atoms with E-state index in [9.17, 15) is 4.79 Å². The first-order valence-electron chi connectivity index (χ1n) is 5.50. The number of hydrogen-bond acceptors (Lipinski definition) is 8. The van der Waals surface area contributed by atoms with Gasteiger partial charge in [-0.25, -0.2) is 9.97 Å². The lowest BCUT2D eigenvalue weighted by molar-refractivity contribution is 0.938. The molecule has 0 aromatic carbocycles. The highest BCUT2D eigenvalue weighted by Gasteiger charge is 2.06. The number of H-pyrrole nitrogens is 1. The molecule has 9 heteroatoms. The van der Waals surface area contributed by atoms with Crippen LogP contribution in [-0.2, 0) is 0 Å². The van der Waals surface area contributed by atoms with E-state index in [1.165, 1.54) is 6.07 Å². The van der Waals surface area contributed by atoms with Crippen molar-refractivity contribution in [3.8, 4) is 0 Å². The van der Waals surface area contributed by atoms with Gasteiger partial charge in [0, 0.05) is 18.7 Å². The van der Waals surface area contributed by atoms with Gasteiger partial charge in [-0.1, -0.05) is 0 Å². The van der Waals surface area contributed by atoms with Gasteiger partial charge < -0.3 is 21.8 Å². The van der Waals surface area contributed by atoms with E-state index < -0.39 is 0 Å². The zero-order chi connectivity index (χ0) is 13.8. The van der Waals surface area contributed by atoms with Crippen LogP contribution in [0.1, 0.15) is 6.92 Å². The molecule has 0 unspecified atom stereocenters. The maximum atomic E-state index is 11.3. The molecule has 0 bridgehead atoms. The summed E-state index contributed by atoms with van der Waals surface area (Å²) in [7, 11) is 0. The molecule has 0 aliphatic rings. The van der Waals surface area contributed by atoms with Crippen molar-refractivity contribution >= 4 is 29.3 Å². The molecule has 2 aromatic rings. The molecule has 0 aliphatic heterocycles. The lowest BCUT2D eigenvalue weighted by Crippen LogP contribution is -2.09. The number of nitrogens with zero attached hydrogens (tertiary/aromatic N) is 3. The number of hydrogen-bond donors (Lipinski definition) is 4. The fraction of sp³-hybridized carbons (Fsp3) is 0.200. The molecule has 0 amide bonds. The molecule has 0 radical (unpaired) electrons. The van der Waals surface area contributed by atoms with E-state index in [0.717, 1.165) is 11.8 Å². The summed E-state index contributed by atoms with van der Waals surface area (Å²) in [5, 5.41) is 3.96. The minimum atomic E-state index is -0.316. The number of rotatable bonds is 4. The van der Waals surface area contributed by atoms with Gasteiger partial charge in [0.1, 0.15) is 16.7 Å². The summed E-state index contributed by atoms with van der Waals surface area (Å²) in [6.45, 7) is 2.66. The Morgan fingerprint density at radius 1 is 1.32 bits per heavy atom. The van der Waals surface area contributed by atoms with Gasteiger partial charge in [-0.15, -0.1) is 0 Å². The lowest BCUT2D eigenvalue weighted by atomic mass is 10.5. The molecule has 0 atom stereocenters. The van der Waals surface area contributed by atoms with Crippen LogP contribution in [0.2, 0.25) is 0 Å². The van der Waals surface area contributed by atoms with Gasteiger partial charge in [0.05, 0.1) is 0 Å². The van der Waals surface area contributed by atoms with Gasteiger partial charge >= 0.3 is 0 Å². The highest BCUT2D eigenvalue weighted by molar-refractivity contribution is 7.99. The van der Waals surface area contributed by atoms with E-state index in [-0.39, 0.29) is 17.3 Å². The second-order valence-electron chi connectivity index (χ2n) is 3.56. The van der Waals surface area contributed by atoms with Crippen LogP contribution in [0.25, 0.3) is 0 Å². The van der Waals surface area contributed by atoms with E-state index in [1.54, 1.807) is 6.07 Å². The molecule has 2 heterocycles. The van der Waals surface area contributed by atoms with Gasteiger partial charge in [-0.2, -0.15) is 4.98 Å². The zero-order valence-corrected chi connectivity index (χ0v) is 11.0. The number of aromatic amines is 1. The Morgan fingerprint density at radius 3 is 2.79 bits per heavy atom. The van der Waals surface area contributed by atoms with Crippen LogP contribution in [0.5, 0.6) is 0 Å². The summed E-state index contributed by atoms with van der Waals surface area (Å²) in [6, 6.07) is 2.93. The van der Waals surface area contributed by atoms with Gasteiger partial charge in [0.25, 0.3) is 5.56 Å². The summed E-state index contributed by atoms with van der Waals surface area (Å²) in [4.78, 5) is 25.9. The highest BCUT2D eigenvalue weighted by Crippen LogP contribution is 2.24. The van der Waals surface area contributed by atoms with E-state index in [0.29, 0.717) is 22.5 Å². The third-order valence-electron chi connectivity index (χ3n) is 2.02. The second kappa shape index (κ2) is 5.57. The van der Waals surface area contributed by atoms with Gasteiger partial charge in [-0.3, -0.25) is 4.79 Å². The average molecular weight is 279 g/mol. The van der Waals surface area contributed by atoms with Gasteiger partial charge in [0.15, 0.2) is 5.16 Å². The summed E-state index contributed by atoms with van der Waals surface area (Å²) in [5.74, 6) is 0.913. The Hall–Kier alpha value is -2.29. The first-order chi connectivity index (χ1) is 9.06. The molecule has 0 aliphatic carbocycles. The number of anilines is 3. The fourth-order valence-electron chi connectivity index (χ4n) is 1.37. The molecular formula is C10H13N7OS. The monoisotopic (exact) mass is 279 g/mol. The molecule has 100 valence electrons. The van der Waals surface area contributed by atoms with Gasteiger partial charge in [-0.05, 0) is 18.7 Å². The van der Waals surface area contributed by atoms with E-state index in [4.69, 9.17) is 11.5 Å². The van der Waals surface area contributed by atoms with E-state index in [2.05, 4.69) is 25.3 Å². The van der Waals surface area contributed by atoms with Crippen molar-refractivity contribution in [3.63, 3.8) is 0 Å². The van der Waals surface area contributed by atoms with Crippen LogP contribution in [0, 0.1) is 0 Å². The first kappa shape index (κ1) is 13.1. The minimum absolute atomic E-state index is 0.146. The second-order valence-corrected chi connectivity index (χ2v) is 4.57. The van der Waals surface area contributed by atoms with Crippen molar-refractivity contribution in [2.45, 2.75) is 17.1 Å². The smallest absolute Gasteiger partial charge is 0.253 e. The lowest BCUT2D eigenvalue weighted by Gasteiger charge is -2.06. The Labute approximate surface area is 113 Å². The maximum absolute atomic E-state index is 11.3. The molecule has 8 nitrogen and oxygen atoms in total. The normalized spacial score (nSPS) is 10.4. The van der Waals surface area contributed by atoms with Crippen LogP contribution in [-0.4, -0.2) is 26.5 Å². The van der Waals surface area contributed by atoms with Crippen LogP contribution in [0.3, 0.4) is 0 Å². The molecule has 2 aromatic heterocycles. The largest absolute Gasteiger partial charge is 0.383 e. The van der Waals surface area contributed by atoms with Gasteiger partial charge in [0.2, 0.25) is 5.95 Å². The fourth-order valence-corrected chi connectivity index (χ4v) is 2.18. The Balaban J connectivity index is 2.29. The molecule has 19 heavy (non-hydrogen) atoms. The summed E-state index contributed by atoms with van der Waals surface area (Å²) in [5.41, 5.74) is 10.8. The minimum Gasteiger partial charge on any atom is -0.383 e. The summed E-state index contributed by atoms with van der Waals surface area (Å²) >= 11 is 1.15. The SMILES string of the molecule is CCNc1cc(Sc2nc(N)cc(=O)[nH]2)nc(N)n1.